The highest BCUT2D eigenvalue weighted by molar-refractivity contribution is 5.88. The molecule has 0 aliphatic carbocycles. The van der Waals surface area contributed by atoms with Gasteiger partial charge in [-0.05, 0) is 42.0 Å². The Morgan fingerprint density at radius 2 is 1.73 bits per heavy atom. The van der Waals surface area contributed by atoms with E-state index in [1.54, 1.807) is 36.4 Å². The Morgan fingerprint density at radius 3 is 2.42 bits per heavy atom. The summed E-state index contributed by atoms with van der Waals surface area (Å²) >= 11 is 0. The van der Waals surface area contributed by atoms with Crippen molar-refractivity contribution >= 4 is 29.0 Å². The monoisotopic (exact) mass is 352 g/mol. The van der Waals surface area contributed by atoms with Gasteiger partial charge in [-0.15, -0.1) is 5.10 Å². The quantitative estimate of drug-likeness (QED) is 0.630. The minimum Gasteiger partial charge on any atom is -0.365 e. The van der Waals surface area contributed by atoms with Crippen molar-refractivity contribution in [3.05, 3.63) is 66.1 Å². The zero-order valence-electron chi connectivity index (χ0n) is 14.0. The van der Waals surface area contributed by atoms with Gasteiger partial charge in [-0.1, -0.05) is 12.1 Å². The molecule has 0 aliphatic rings. The number of benzene rings is 2. The first-order valence-electron chi connectivity index (χ1n) is 7.91. The van der Waals surface area contributed by atoms with Gasteiger partial charge in [0, 0.05) is 24.8 Å². The van der Waals surface area contributed by atoms with Gasteiger partial charge in [0.05, 0.1) is 6.20 Å². The number of carbonyl (C=O) groups is 1. The van der Waals surface area contributed by atoms with Crippen molar-refractivity contribution in [2.45, 2.75) is 13.5 Å². The molecule has 132 valence electrons. The van der Waals surface area contributed by atoms with Gasteiger partial charge in [0.2, 0.25) is 11.9 Å². The Kier molecular flexibility index (Phi) is 5.33. The van der Waals surface area contributed by atoms with Crippen LogP contribution in [0.1, 0.15) is 12.5 Å². The first kappa shape index (κ1) is 17.3. The number of hydrogen-bond acceptors (Lipinski definition) is 6. The summed E-state index contributed by atoms with van der Waals surface area (Å²) in [5, 5.41) is 16.7. The SMILES string of the molecule is CC(=O)Nc1ccc(Nc2nncc(NCc3ccc(F)cc3)n2)cc1. The zero-order valence-corrected chi connectivity index (χ0v) is 14.0. The van der Waals surface area contributed by atoms with Gasteiger partial charge in [0.15, 0.2) is 5.82 Å². The summed E-state index contributed by atoms with van der Waals surface area (Å²) in [5.74, 6) is 0.481. The van der Waals surface area contributed by atoms with Crippen LogP contribution in [0.15, 0.2) is 54.7 Å². The highest BCUT2D eigenvalue weighted by Crippen LogP contribution is 2.17. The zero-order chi connectivity index (χ0) is 18.4. The lowest BCUT2D eigenvalue weighted by Crippen LogP contribution is -2.06. The second-order valence-electron chi connectivity index (χ2n) is 5.53. The van der Waals surface area contributed by atoms with E-state index < -0.39 is 0 Å². The molecule has 8 heteroatoms. The van der Waals surface area contributed by atoms with Gasteiger partial charge < -0.3 is 16.0 Å². The summed E-state index contributed by atoms with van der Waals surface area (Å²) in [4.78, 5) is 15.4. The highest BCUT2D eigenvalue weighted by atomic mass is 19.1. The number of hydrogen-bond donors (Lipinski definition) is 3. The molecule has 0 bridgehead atoms. The number of nitrogens with zero attached hydrogens (tertiary/aromatic N) is 3. The molecule has 2 aromatic carbocycles. The Balaban J connectivity index is 1.61. The molecule has 0 atom stereocenters. The maximum absolute atomic E-state index is 12.9. The molecule has 0 aliphatic heterocycles. The van der Waals surface area contributed by atoms with Crippen LogP contribution in [0.2, 0.25) is 0 Å². The molecule has 3 aromatic rings. The van der Waals surface area contributed by atoms with Crippen LogP contribution in [0, 0.1) is 5.82 Å². The van der Waals surface area contributed by atoms with Crippen LogP contribution in [-0.2, 0) is 11.3 Å². The fourth-order valence-electron chi connectivity index (χ4n) is 2.21. The molecule has 0 radical (unpaired) electrons. The molecule has 7 nitrogen and oxygen atoms in total. The lowest BCUT2D eigenvalue weighted by atomic mass is 10.2. The van der Waals surface area contributed by atoms with Gasteiger partial charge in [-0.2, -0.15) is 10.1 Å². The van der Waals surface area contributed by atoms with Crippen molar-refractivity contribution < 1.29 is 9.18 Å². The Bertz CT molecular complexity index is 883. The van der Waals surface area contributed by atoms with Crippen molar-refractivity contribution in [1.29, 1.82) is 0 Å². The molecule has 3 rings (SSSR count). The number of aromatic nitrogens is 3. The molecule has 0 saturated heterocycles. The van der Waals surface area contributed by atoms with Crippen LogP contribution < -0.4 is 16.0 Å². The topological polar surface area (TPSA) is 91.8 Å². The average molecular weight is 352 g/mol. The number of halogens is 1. The molecule has 0 saturated carbocycles. The molecule has 26 heavy (non-hydrogen) atoms. The van der Waals surface area contributed by atoms with Gasteiger partial charge in [0.25, 0.3) is 0 Å². The van der Waals surface area contributed by atoms with E-state index in [4.69, 9.17) is 0 Å². The van der Waals surface area contributed by atoms with Crippen molar-refractivity contribution in [1.82, 2.24) is 15.2 Å². The Morgan fingerprint density at radius 1 is 1.04 bits per heavy atom. The fraction of sp³-hybridized carbons (Fsp3) is 0.111. The fourth-order valence-corrected chi connectivity index (χ4v) is 2.21. The first-order valence-corrected chi connectivity index (χ1v) is 7.91. The van der Waals surface area contributed by atoms with Crippen molar-refractivity contribution in [2.24, 2.45) is 0 Å². The van der Waals surface area contributed by atoms with E-state index in [1.807, 2.05) is 0 Å². The largest absolute Gasteiger partial charge is 0.365 e. The van der Waals surface area contributed by atoms with Gasteiger partial charge >= 0.3 is 0 Å². The lowest BCUT2D eigenvalue weighted by Gasteiger charge is -2.08. The van der Waals surface area contributed by atoms with E-state index in [0.29, 0.717) is 24.0 Å². The van der Waals surface area contributed by atoms with E-state index in [1.165, 1.54) is 25.3 Å². The van der Waals surface area contributed by atoms with Crippen LogP contribution in [0.25, 0.3) is 0 Å². The molecule has 0 spiro atoms. The Labute approximate surface area is 149 Å². The molecule has 3 N–H and O–H groups in total. The van der Waals surface area contributed by atoms with Crippen molar-refractivity contribution in [2.75, 3.05) is 16.0 Å². The summed E-state index contributed by atoms with van der Waals surface area (Å²) in [6, 6.07) is 13.4. The summed E-state index contributed by atoms with van der Waals surface area (Å²) < 4.78 is 12.9. The summed E-state index contributed by atoms with van der Waals surface area (Å²) in [7, 11) is 0. The molecular weight excluding hydrogens is 335 g/mol. The number of nitrogens with one attached hydrogen (secondary N) is 3. The molecule has 1 amide bonds. The van der Waals surface area contributed by atoms with Gasteiger partial charge in [-0.25, -0.2) is 4.39 Å². The van der Waals surface area contributed by atoms with Gasteiger partial charge in [-0.3, -0.25) is 4.79 Å². The second kappa shape index (κ2) is 8.02. The predicted octanol–water partition coefficient (Wildman–Crippen LogP) is 3.32. The van der Waals surface area contributed by atoms with Crippen molar-refractivity contribution in [3.8, 4) is 0 Å². The normalized spacial score (nSPS) is 10.2. The number of amides is 1. The molecular formula is C18H17FN6O. The smallest absolute Gasteiger partial charge is 0.249 e. The standard InChI is InChI=1S/C18H17FN6O/c1-12(26)22-15-6-8-16(9-7-15)23-18-24-17(11-21-25-18)20-10-13-2-4-14(19)5-3-13/h2-9,11H,10H2,1H3,(H,22,26)(H2,20,23,24,25). The van der Waals surface area contributed by atoms with E-state index in [2.05, 4.69) is 31.1 Å². The van der Waals surface area contributed by atoms with Crippen molar-refractivity contribution in [3.63, 3.8) is 0 Å². The number of rotatable bonds is 6. The van der Waals surface area contributed by atoms with Crippen LogP contribution in [0.5, 0.6) is 0 Å². The van der Waals surface area contributed by atoms with Crippen LogP contribution in [0.3, 0.4) is 0 Å². The highest BCUT2D eigenvalue weighted by Gasteiger charge is 2.03. The third-order valence-corrected chi connectivity index (χ3v) is 3.41. The van der Waals surface area contributed by atoms with E-state index >= 15 is 0 Å². The number of anilines is 4. The third-order valence-electron chi connectivity index (χ3n) is 3.41. The first-order chi connectivity index (χ1) is 12.6. The van der Waals surface area contributed by atoms with Crippen LogP contribution in [0.4, 0.5) is 27.5 Å². The Hall–Kier alpha value is -3.55. The average Bonchev–Trinajstić information content (AvgIpc) is 2.63. The predicted molar refractivity (Wildman–Crippen MR) is 97.6 cm³/mol. The minimum atomic E-state index is -0.270. The molecule has 0 fully saturated rings. The lowest BCUT2D eigenvalue weighted by molar-refractivity contribution is -0.114. The minimum absolute atomic E-state index is 0.127. The summed E-state index contributed by atoms with van der Waals surface area (Å²) in [6.45, 7) is 1.94. The molecule has 1 heterocycles. The summed E-state index contributed by atoms with van der Waals surface area (Å²) in [5.41, 5.74) is 2.39. The maximum Gasteiger partial charge on any atom is 0.249 e. The van der Waals surface area contributed by atoms with Gasteiger partial charge in [0.1, 0.15) is 5.82 Å². The van der Waals surface area contributed by atoms with Crippen LogP contribution >= 0.6 is 0 Å². The maximum atomic E-state index is 12.9. The number of carbonyl (C=O) groups excluding carboxylic acids is 1. The molecule has 1 aromatic heterocycles. The third kappa shape index (κ3) is 4.97. The molecule has 0 unspecified atom stereocenters. The summed E-state index contributed by atoms with van der Waals surface area (Å²) in [6.07, 6.45) is 1.51. The second-order valence-corrected chi connectivity index (χ2v) is 5.53. The van der Waals surface area contributed by atoms with E-state index in [0.717, 1.165) is 11.3 Å². The van der Waals surface area contributed by atoms with E-state index in [9.17, 15) is 9.18 Å². The van der Waals surface area contributed by atoms with Crippen LogP contribution in [-0.4, -0.2) is 21.1 Å². The van der Waals surface area contributed by atoms with E-state index in [-0.39, 0.29) is 11.7 Å².